The number of aliphatic hydroxyl groups excluding tert-OH is 16. The molecule has 80 heavy (non-hydrogen) atoms. The summed E-state index contributed by atoms with van der Waals surface area (Å²) >= 11 is 0. The van der Waals surface area contributed by atoms with Crippen LogP contribution in [0.15, 0.2) is 0 Å². The van der Waals surface area contributed by atoms with Gasteiger partial charge in [0.15, 0.2) is 37.7 Å². The number of rotatable bonds is 21. The molecule has 6 saturated heterocycles. The molecule has 0 saturated carbocycles. The number of carbonyl (C=O) groups is 3. The zero-order chi connectivity index (χ0) is 59.4. The Morgan fingerprint density at radius 3 is 1.31 bits per heavy atom. The molecule has 37 nitrogen and oxygen atoms in total. The Morgan fingerprint density at radius 2 is 0.775 bits per heavy atom. The molecule has 0 radical (unpaired) electrons. The fourth-order valence-electron chi connectivity index (χ4n) is 9.74. The molecule has 464 valence electrons. The van der Waals surface area contributed by atoms with E-state index in [2.05, 4.69) is 20.1 Å². The van der Waals surface area contributed by atoms with Crippen molar-refractivity contribution in [1.82, 2.24) is 16.0 Å². The smallest absolute Gasteiger partial charge is 0.394 e. The van der Waals surface area contributed by atoms with Crippen LogP contribution < -0.4 is 16.0 Å². The van der Waals surface area contributed by atoms with Crippen LogP contribution in [0.3, 0.4) is 0 Å². The number of ether oxygens (including phenoxy) is 11. The first-order valence-corrected chi connectivity index (χ1v) is 26.1. The van der Waals surface area contributed by atoms with E-state index in [1.54, 1.807) is 0 Å². The molecule has 30 atom stereocenters. The summed E-state index contributed by atoms with van der Waals surface area (Å²) in [5.41, 5.74) is 0. The first-order chi connectivity index (χ1) is 37.5. The van der Waals surface area contributed by atoms with Crippen LogP contribution in [0.1, 0.15) is 20.8 Å². The SMILES string of the molecule is CC(=O)N[C@@H]1[C@@H](O)[C@H](O[C@@H]2O[C@H](CO)[C@@H](O[C@@H]3O[C@H](CO[C@H]4O[C@H](CO)[C@@H](O)[C@H](O)[C@@H]4O[C@@H]4O[C@H](COS(=O)(=O)O)[C@@H](O)[C@H](O)[C@H]4NC(C)=O)[C@@H](O)[C@H](O[C@H]4O[C@H](CO)[C@@H](O)[C@H](O)[C@@H]4O)[C@@H]3O)[C@H](O)[C@H]2NC(C)=O)[C@@H](CO)O[C@H]1O. The first kappa shape index (κ1) is 66.3. The maximum atomic E-state index is 12.6. The molecule has 0 aromatic carbocycles. The Balaban J connectivity index is 1.31. The Hall–Kier alpha value is -2.80. The van der Waals surface area contributed by atoms with Gasteiger partial charge in [-0.25, -0.2) is 4.18 Å². The van der Waals surface area contributed by atoms with Gasteiger partial charge in [0.25, 0.3) is 0 Å². The molecule has 20 N–H and O–H groups in total. The molecular formula is C42H71N3O34S. The predicted octanol–water partition coefficient (Wildman–Crippen LogP) is -13.8. The van der Waals surface area contributed by atoms with Crippen molar-refractivity contribution in [2.24, 2.45) is 0 Å². The molecule has 0 bridgehead atoms. The highest BCUT2D eigenvalue weighted by Crippen LogP contribution is 2.36. The molecule has 6 aliphatic heterocycles. The number of hydrogen-bond donors (Lipinski definition) is 20. The molecule has 0 aromatic heterocycles. The second-order valence-electron chi connectivity index (χ2n) is 19.5. The molecule has 6 fully saturated rings. The van der Waals surface area contributed by atoms with Gasteiger partial charge in [0, 0.05) is 20.8 Å². The summed E-state index contributed by atoms with van der Waals surface area (Å²) in [6, 6.07) is -5.15. The van der Waals surface area contributed by atoms with Crippen LogP contribution in [-0.2, 0) is 81.1 Å². The van der Waals surface area contributed by atoms with Gasteiger partial charge in [0.05, 0.1) is 39.6 Å². The van der Waals surface area contributed by atoms with Crippen molar-refractivity contribution in [3.05, 3.63) is 0 Å². The third-order valence-corrected chi connectivity index (χ3v) is 14.3. The van der Waals surface area contributed by atoms with Crippen molar-refractivity contribution in [1.29, 1.82) is 0 Å². The second kappa shape index (κ2) is 28.4. The summed E-state index contributed by atoms with van der Waals surface area (Å²) in [4.78, 5) is 36.8. The Labute approximate surface area is 453 Å². The third-order valence-electron chi connectivity index (χ3n) is 13.8. The van der Waals surface area contributed by atoms with E-state index < -0.39 is 252 Å². The monoisotopic (exact) mass is 1190 g/mol. The van der Waals surface area contributed by atoms with Gasteiger partial charge < -0.3 is 150 Å². The fraction of sp³-hybridized carbons (Fsp3) is 0.929. The summed E-state index contributed by atoms with van der Waals surface area (Å²) in [6.07, 6.45) is -54.0. The second-order valence-corrected chi connectivity index (χ2v) is 20.6. The van der Waals surface area contributed by atoms with Gasteiger partial charge in [-0.3, -0.25) is 18.9 Å². The van der Waals surface area contributed by atoms with Crippen LogP contribution in [0, 0.1) is 0 Å². The highest BCUT2D eigenvalue weighted by atomic mass is 32.3. The van der Waals surface area contributed by atoms with E-state index in [1.165, 1.54) is 0 Å². The van der Waals surface area contributed by atoms with Crippen molar-refractivity contribution in [3.63, 3.8) is 0 Å². The summed E-state index contributed by atoms with van der Waals surface area (Å²) < 4.78 is 99.7. The maximum absolute atomic E-state index is 12.6. The molecule has 3 amide bonds. The van der Waals surface area contributed by atoms with Crippen molar-refractivity contribution in [2.45, 2.75) is 205 Å². The Bertz CT molecular complexity index is 2130. The highest BCUT2D eigenvalue weighted by Gasteiger charge is 2.58. The average molecular weight is 1190 g/mol. The lowest BCUT2D eigenvalue weighted by Crippen LogP contribution is -2.70. The van der Waals surface area contributed by atoms with Crippen LogP contribution in [0.25, 0.3) is 0 Å². The van der Waals surface area contributed by atoms with Gasteiger partial charge in [0.1, 0.15) is 146 Å². The number of hydrogen-bond acceptors (Lipinski definition) is 33. The minimum Gasteiger partial charge on any atom is -0.394 e. The fourth-order valence-corrected chi connectivity index (χ4v) is 10.1. The molecule has 0 spiro atoms. The van der Waals surface area contributed by atoms with Gasteiger partial charge in [-0.15, -0.1) is 0 Å². The van der Waals surface area contributed by atoms with E-state index in [0.717, 1.165) is 20.8 Å². The first-order valence-electron chi connectivity index (χ1n) is 24.8. The van der Waals surface area contributed by atoms with Crippen molar-refractivity contribution < 1.29 is 165 Å². The topological polar surface area (TPSA) is 576 Å². The summed E-state index contributed by atoms with van der Waals surface area (Å²) in [5, 5.41) is 181. The maximum Gasteiger partial charge on any atom is 0.397 e. The van der Waals surface area contributed by atoms with Crippen LogP contribution in [-0.4, -0.2) is 336 Å². The summed E-state index contributed by atoms with van der Waals surface area (Å²) in [7, 11) is -5.19. The molecule has 6 aliphatic rings. The normalized spacial score (nSPS) is 46.5. The average Bonchev–Trinajstić information content (AvgIpc) is 3.55. The van der Waals surface area contributed by atoms with Crippen LogP contribution in [0.4, 0.5) is 0 Å². The molecule has 0 aromatic rings. The lowest BCUT2D eigenvalue weighted by Gasteiger charge is -2.50. The van der Waals surface area contributed by atoms with E-state index in [-0.39, 0.29) is 0 Å². The zero-order valence-electron chi connectivity index (χ0n) is 42.5. The van der Waals surface area contributed by atoms with Crippen LogP contribution >= 0.6 is 0 Å². The zero-order valence-corrected chi connectivity index (χ0v) is 43.3. The minimum atomic E-state index is -5.19. The predicted molar refractivity (Wildman–Crippen MR) is 244 cm³/mol. The van der Waals surface area contributed by atoms with Crippen LogP contribution in [0.5, 0.6) is 0 Å². The van der Waals surface area contributed by atoms with Gasteiger partial charge in [-0.05, 0) is 0 Å². The number of amides is 3. The minimum absolute atomic E-state index is 0.738. The molecule has 0 unspecified atom stereocenters. The lowest BCUT2D eigenvalue weighted by molar-refractivity contribution is -0.387. The van der Waals surface area contributed by atoms with E-state index in [4.69, 9.17) is 56.7 Å². The summed E-state index contributed by atoms with van der Waals surface area (Å²) in [5.74, 6) is -2.48. The van der Waals surface area contributed by atoms with E-state index in [1.807, 2.05) is 0 Å². The molecule has 6 rings (SSSR count). The number of nitrogens with one attached hydrogen (secondary N) is 3. The third kappa shape index (κ3) is 15.4. The lowest BCUT2D eigenvalue weighted by atomic mass is 9.94. The Kier molecular flexibility index (Phi) is 23.5. The van der Waals surface area contributed by atoms with Crippen molar-refractivity contribution in [3.8, 4) is 0 Å². The van der Waals surface area contributed by atoms with Crippen LogP contribution in [0.2, 0.25) is 0 Å². The van der Waals surface area contributed by atoms with Gasteiger partial charge in [0.2, 0.25) is 17.7 Å². The van der Waals surface area contributed by atoms with Gasteiger partial charge >= 0.3 is 10.4 Å². The quantitative estimate of drug-likeness (QED) is 0.0475. The van der Waals surface area contributed by atoms with E-state index >= 15 is 0 Å². The molecule has 38 heteroatoms. The Morgan fingerprint density at radius 1 is 0.388 bits per heavy atom. The molecular weight excluding hydrogens is 1120 g/mol. The van der Waals surface area contributed by atoms with Crippen molar-refractivity contribution in [2.75, 3.05) is 39.6 Å². The van der Waals surface area contributed by atoms with Gasteiger partial charge in [-0.1, -0.05) is 0 Å². The highest BCUT2D eigenvalue weighted by molar-refractivity contribution is 7.80. The number of aliphatic hydroxyl groups is 16. The van der Waals surface area contributed by atoms with Gasteiger partial charge in [-0.2, -0.15) is 8.42 Å². The molecule has 6 heterocycles. The van der Waals surface area contributed by atoms with E-state index in [0.29, 0.717) is 0 Å². The standard InChI is InChI=1S/C42H71N3O34S/c1-10(50)43-19-27(58)33(15(6-48)70-37(19)64)76-39-21(45-12(3)52)28(59)34(16(7-49)73-39)77-41-32(63)35(78-40-31(62)29(60)22(53)13(4-46)71-40)25(56)17(75-41)8-68-42-36(30(61)23(54)14(5-47)72-42)79-38-20(44-11(2)51)26(57)24(55)18(74-38)9-69-80(65,66)67/h13-42,46-49,53-64H,4-9H2,1-3H3,(H,43,50)(H,44,51)(H,45,52)(H,65,66,67)/t13-,14-,15-,16-,17-,18-,19-,20-,21-,22-,23-,24-,25-,26-,27-,28-,29+,30+,31+,32+,33-,34-,35+,36+,37-,38+,39+,40-,41+,42+/m1/s1. The summed E-state index contributed by atoms with van der Waals surface area (Å²) in [6.45, 7) is -3.27. The van der Waals surface area contributed by atoms with Crippen molar-refractivity contribution >= 4 is 28.1 Å². The number of carbonyl (C=O) groups excluding carboxylic acids is 3. The largest absolute Gasteiger partial charge is 0.397 e. The van der Waals surface area contributed by atoms with E-state index in [9.17, 15) is 105 Å². The molecule has 0 aliphatic carbocycles.